The lowest BCUT2D eigenvalue weighted by Gasteiger charge is -2.23. The van der Waals surface area contributed by atoms with Gasteiger partial charge in [-0.15, -0.1) is 0 Å². The highest BCUT2D eigenvalue weighted by Crippen LogP contribution is 2.57. The van der Waals surface area contributed by atoms with Gasteiger partial charge in [-0.1, -0.05) is 31.0 Å². The van der Waals surface area contributed by atoms with Crippen LogP contribution in [-0.2, 0) is 10.0 Å². The Hall–Kier alpha value is -1.98. The number of aromatic nitrogens is 1. The SMILES string of the molecule is NS(=O)(=O)c1ccc(C2=C(c3cccnc3)CC3(CCCC3)C2)cc1. The molecule has 1 fully saturated rings. The lowest BCUT2D eigenvalue weighted by atomic mass is 9.81. The lowest BCUT2D eigenvalue weighted by molar-refractivity contribution is 0.330. The molecule has 1 saturated carbocycles. The van der Waals surface area contributed by atoms with E-state index >= 15 is 0 Å². The van der Waals surface area contributed by atoms with Crippen LogP contribution in [0.1, 0.15) is 49.7 Å². The van der Waals surface area contributed by atoms with E-state index in [4.69, 9.17) is 5.14 Å². The van der Waals surface area contributed by atoms with Gasteiger partial charge in [-0.2, -0.15) is 0 Å². The summed E-state index contributed by atoms with van der Waals surface area (Å²) in [6.07, 6.45) is 11.0. The number of nitrogens with zero attached hydrogens (tertiary/aromatic N) is 1. The van der Waals surface area contributed by atoms with Crippen molar-refractivity contribution in [2.24, 2.45) is 10.6 Å². The van der Waals surface area contributed by atoms with E-state index in [1.165, 1.54) is 42.4 Å². The summed E-state index contributed by atoms with van der Waals surface area (Å²) in [5.74, 6) is 0. The highest BCUT2D eigenvalue weighted by atomic mass is 32.2. The number of nitrogens with two attached hydrogens (primary N) is 1. The zero-order valence-electron chi connectivity index (χ0n) is 14.1. The molecule has 2 aromatic rings. The second-order valence-electron chi connectivity index (χ2n) is 7.33. The van der Waals surface area contributed by atoms with E-state index in [0.29, 0.717) is 5.41 Å². The largest absolute Gasteiger partial charge is 0.264 e. The van der Waals surface area contributed by atoms with Crippen LogP contribution in [0.5, 0.6) is 0 Å². The average Bonchev–Trinajstić information content (AvgIpc) is 3.23. The summed E-state index contributed by atoms with van der Waals surface area (Å²) in [7, 11) is -3.66. The monoisotopic (exact) mass is 354 g/mol. The summed E-state index contributed by atoms with van der Waals surface area (Å²) in [5, 5.41) is 5.23. The van der Waals surface area contributed by atoms with E-state index in [9.17, 15) is 8.42 Å². The van der Waals surface area contributed by atoms with Gasteiger partial charge in [-0.3, -0.25) is 4.98 Å². The van der Waals surface area contributed by atoms with Crippen molar-refractivity contribution in [3.05, 3.63) is 59.9 Å². The van der Waals surface area contributed by atoms with Crippen LogP contribution in [0.4, 0.5) is 0 Å². The van der Waals surface area contributed by atoms with E-state index in [-0.39, 0.29) is 4.90 Å². The van der Waals surface area contributed by atoms with Crippen LogP contribution in [0.3, 0.4) is 0 Å². The number of pyridine rings is 1. The van der Waals surface area contributed by atoms with Crippen molar-refractivity contribution in [1.29, 1.82) is 0 Å². The van der Waals surface area contributed by atoms with Gasteiger partial charge in [0.15, 0.2) is 0 Å². The van der Waals surface area contributed by atoms with Crippen molar-refractivity contribution in [3.8, 4) is 0 Å². The Kier molecular flexibility index (Phi) is 4.01. The highest BCUT2D eigenvalue weighted by molar-refractivity contribution is 7.89. The van der Waals surface area contributed by atoms with Crippen molar-refractivity contribution >= 4 is 21.2 Å². The first-order valence-electron chi connectivity index (χ1n) is 8.73. The van der Waals surface area contributed by atoms with E-state index < -0.39 is 10.0 Å². The minimum atomic E-state index is -3.66. The number of benzene rings is 1. The van der Waals surface area contributed by atoms with E-state index in [1.807, 2.05) is 24.4 Å². The Morgan fingerprint density at radius 1 is 0.920 bits per heavy atom. The highest BCUT2D eigenvalue weighted by Gasteiger charge is 2.41. The Balaban J connectivity index is 1.77. The van der Waals surface area contributed by atoms with Gasteiger partial charge in [-0.05, 0) is 71.6 Å². The molecule has 1 aromatic carbocycles. The van der Waals surface area contributed by atoms with Gasteiger partial charge in [0, 0.05) is 12.4 Å². The van der Waals surface area contributed by atoms with E-state index in [2.05, 4.69) is 11.1 Å². The molecule has 1 aromatic heterocycles. The number of hydrogen-bond acceptors (Lipinski definition) is 3. The van der Waals surface area contributed by atoms with Crippen LogP contribution in [0.25, 0.3) is 11.1 Å². The van der Waals surface area contributed by atoms with Crippen LogP contribution in [0.15, 0.2) is 53.7 Å². The fraction of sp³-hybridized carbons (Fsp3) is 0.350. The third-order valence-corrected chi connectivity index (χ3v) is 6.60. The van der Waals surface area contributed by atoms with E-state index in [1.54, 1.807) is 18.3 Å². The smallest absolute Gasteiger partial charge is 0.238 e. The second-order valence-corrected chi connectivity index (χ2v) is 8.89. The van der Waals surface area contributed by atoms with Gasteiger partial charge in [0.25, 0.3) is 0 Å². The Morgan fingerprint density at radius 3 is 2.12 bits per heavy atom. The average molecular weight is 354 g/mol. The predicted molar refractivity (Wildman–Crippen MR) is 99.0 cm³/mol. The molecule has 4 nitrogen and oxygen atoms in total. The van der Waals surface area contributed by atoms with Crippen LogP contribution in [0, 0.1) is 5.41 Å². The number of allylic oxidation sites excluding steroid dienone is 2. The zero-order valence-corrected chi connectivity index (χ0v) is 14.9. The van der Waals surface area contributed by atoms with Crippen molar-refractivity contribution < 1.29 is 8.42 Å². The molecule has 25 heavy (non-hydrogen) atoms. The van der Waals surface area contributed by atoms with Crippen molar-refractivity contribution in [2.75, 3.05) is 0 Å². The molecular weight excluding hydrogens is 332 g/mol. The summed E-state index contributed by atoms with van der Waals surface area (Å²) in [6, 6.07) is 11.1. The molecule has 1 spiro atoms. The maximum Gasteiger partial charge on any atom is 0.238 e. The van der Waals surface area contributed by atoms with Gasteiger partial charge < -0.3 is 0 Å². The minimum Gasteiger partial charge on any atom is -0.264 e. The Bertz CT molecular complexity index is 910. The molecule has 130 valence electrons. The van der Waals surface area contributed by atoms with Crippen LogP contribution >= 0.6 is 0 Å². The van der Waals surface area contributed by atoms with Crippen LogP contribution in [0.2, 0.25) is 0 Å². The van der Waals surface area contributed by atoms with Crippen molar-refractivity contribution in [1.82, 2.24) is 4.98 Å². The van der Waals surface area contributed by atoms with Gasteiger partial charge in [0.2, 0.25) is 10.0 Å². The standard InChI is InChI=1S/C20H22N2O2S/c21-25(23,24)17-7-5-15(6-8-17)18-12-20(9-1-2-10-20)13-19(18)16-4-3-11-22-14-16/h3-8,11,14H,1-2,9-10,12-13H2,(H2,21,23,24). The Labute approximate surface area is 148 Å². The number of hydrogen-bond donors (Lipinski definition) is 1. The second kappa shape index (κ2) is 6.07. The molecule has 0 radical (unpaired) electrons. The third kappa shape index (κ3) is 3.14. The summed E-state index contributed by atoms with van der Waals surface area (Å²) < 4.78 is 23.0. The van der Waals surface area contributed by atoms with E-state index in [0.717, 1.165) is 18.4 Å². The Morgan fingerprint density at radius 2 is 1.56 bits per heavy atom. The molecule has 1 heterocycles. The normalized spacial score (nSPS) is 19.7. The first-order valence-corrected chi connectivity index (χ1v) is 10.3. The third-order valence-electron chi connectivity index (χ3n) is 5.67. The molecule has 2 N–H and O–H groups in total. The zero-order chi connectivity index (χ0) is 17.5. The predicted octanol–water partition coefficient (Wildman–Crippen LogP) is 3.99. The molecule has 2 aliphatic rings. The lowest BCUT2D eigenvalue weighted by Crippen LogP contribution is -2.12. The first-order chi connectivity index (χ1) is 12.0. The maximum absolute atomic E-state index is 11.5. The van der Waals surface area contributed by atoms with Crippen molar-refractivity contribution in [3.63, 3.8) is 0 Å². The molecular formula is C20H22N2O2S. The molecule has 2 aliphatic carbocycles. The van der Waals surface area contributed by atoms with Crippen LogP contribution in [-0.4, -0.2) is 13.4 Å². The molecule has 4 rings (SSSR count). The molecule has 0 bridgehead atoms. The number of sulfonamides is 1. The fourth-order valence-electron chi connectivity index (χ4n) is 4.44. The fourth-order valence-corrected chi connectivity index (χ4v) is 4.96. The van der Waals surface area contributed by atoms with Gasteiger partial charge >= 0.3 is 0 Å². The van der Waals surface area contributed by atoms with Crippen molar-refractivity contribution in [2.45, 2.75) is 43.4 Å². The summed E-state index contributed by atoms with van der Waals surface area (Å²) >= 11 is 0. The first kappa shape index (κ1) is 16.5. The quantitative estimate of drug-likeness (QED) is 0.905. The van der Waals surface area contributed by atoms with Gasteiger partial charge in [0.05, 0.1) is 4.90 Å². The van der Waals surface area contributed by atoms with Gasteiger partial charge in [0.1, 0.15) is 0 Å². The van der Waals surface area contributed by atoms with Crippen LogP contribution < -0.4 is 5.14 Å². The summed E-state index contributed by atoms with van der Waals surface area (Å²) in [4.78, 5) is 4.45. The van der Waals surface area contributed by atoms with Gasteiger partial charge in [-0.25, -0.2) is 13.6 Å². The summed E-state index contributed by atoms with van der Waals surface area (Å²) in [5.41, 5.74) is 5.33. The summed E-state index contributed by atoms with van der Waals surface area (Å²) in [6.45, 7) is 0. The number of primary sulfonamides is 1. The maximum atomic E-state index is 11.5. The molecule has 0 amide bonds. The number of rotatable bonds is 3. The molecule has 0 aliphatic heterocycles. The topological polar surface area (TPSA) is 73.1 Å². The molecule has 5 heteroatoms. The molecule has 0 saturated heterocycles. The molecule has 0 unspecified atom stereocenters. The minimum absolute atomic E-state index is 0.161. The molecule has 0 atom stereocenters.